The highest BCUT2D eigenvalue weighted by atomic mass is 35.5. The van der Waals surface area contributed by atoms with E-state index in [2.05, 4.69) is 6.58 Å². The Balaban J connectivity index is 0. The van der Waals surface area contributed by atoms with E-state index in [1.165, 1.54) is 19.1 Å². The van der Waals surface area contributed by atoms with Gasteiger partial charge in [-0.2, -0.15) is 0 Å². The number of rotatable bonds is 4. The zero-order valence-electron chi connectivity index (χ0n) is 10.3. The predicted octanol–water partition coefficient (Wildman–Crippen LogP) is 2.84. The van der Waals surface area contributed by atoms with Crippen LogP contribution in [0, 0.1) is 0 Å². The highest BCUT2D eigenvalue weighted by molar-refractivity contribution is 6.43. The molecular formula is C12H13Cl3MgO5. The van der Waals surface area contributed by atoms with Gasteiger partial charge in [0.05, 0.1) is 15.1 Å². The van der Waals surface area contributed by atoms with Crippen LogP contribution in [-0.2, 0) is 9.59 Å². The fraction of sp³-hybridized carbons (Fsp3) is 0.167. The van der Waals surface area contributed by atoms with Gasteiger partial charge in [-0.3, -0.25) is 0 Å². The van der Waals surface area contributed by atoms with Crippen LogP contribution in [0.5, 0.6) is 5.75 Å². The molecule has 0 aliphatic heterocycles. The first-order chi connectivity index (χ1) is 9.15. The molecule has 0 amide bonds. The summed E-state index contributed by atoms with van der Waals surface area (Å²) in [4.78, 5) is 19.8. The van der Waals surface area contributed by atoms with Crippen molar-refractivity contribution in [2.45, 2.75) is 6.92 Å². The van der Waals surface area contributed by atoms with Gasteiger partial charge in [0.2, 0.25) is 0 Å². The van der Waals surface area contributed by atoms with Crippen LogP contribution in [0.25, 0.3) is 0 Å². The van der Waals surface area contributed by atoms with Gasteiger partial charge >= 0.3 is 35.0 Å². The van der Waals surface area contributed by atoms with E-state index in [9.17, 15) is 9.59 Å². The van der Waals surface area contributed by atoms with Crippen LogP contribution in [-0.4, -0.2) is 51.8 Å². The average Bonchev–Trinajstić information content (AvgIpc) is 2.32. The first-order valence-corrected chi connectivity index (χ1v) is 6.16. The quantitative estimate of drug-likeness (QED) is 0.485. The topological polar surface area (TPSA) is 83.8 Å². The normalized spacial score (nSPS) is 8.76. The van der Waals surface area contributed by atoms with Gasteiger partial charge in [-0.15, -0.1) is 0 Å². The summed E-state index contributed by atoms with van der Waals surface area (Å²) in [5.74, 6) is -1.83. The predicted molar refractivity (Wildman–Crippen MR) is 85.6 cm³/mol. The highest BCUT2D eigenvalue weighted by Crippen LogP contribution is 2.33. The monoisotopic (exact) mass is 366 g/mol. The lowest BCUT2D eigenvalue weighted by Crippen LogP contribution is -2.09. The first-order valence-electron chi connectivity index (χ1n) is 5.03. The number of carbonyl (C=O) groups is 2. The van der Waals surface area contributed by atoms with Crippen LogP contribution in [0.3, 0.4) is 0 Å². The van der Waals surface area contributed by atoms with Crippen molar-refractivity contribution in [3.8, 4) is 5.75 Å². The van der Waals surface area contributed by atoms with Crippen LogP contribution in [0.2, 0.25) is 15.1 Å². The van der Waals surface area contributed by atoms with Crippen molar-refractivity contribution >= 4 is 69.8 Å². The van der Waals surface area contributed by atoms with Gasteiger partial charge in [-0.05, 0) is 13.0 Å². The van der Waals surface area contributed by atoms with Gasteiger partial charge < -0.3 is 14.9 Å². The van der Waals surface area contributed by atoms with Crippen molar-refractivity contribution in [2.24, 2.45) is 0 Å². The highest BCUT2D eigenvalue weighted by Gasteiger charge is 2.08. The molecule has 0 fully saturated rings. The largest absolute Gasteiger partial charge is 0.480 e. The Hall–Kier alpha value is -0.664. The van der Waals surface area contributed by atoms with Crippen molar-refractivity contribution < 1.29 is 24.5 Å². The minimum Gasteiger partial charge on any atom is -0.480 e. The number of carboxylic acids is 2. The Morgan fingerprint density at radius 3 is 1.95 bits per heavy atom. The lowest BCUT2D eigenvalue weighted by molar-refractivity contribution is -0.139. The number of ether oxygens (including phenoxy) is 1. The maximum atomic E-state index is 10.2. The van der Waals surface area contributed by atoms with Gasteiger partial charge in [0.15, 0.2) is 6.61 Å². The first kappa shape index (κ1) is 22.6. The van der Waals surface area contributed by atoms with Crippen molar-refractivity contribution in [3.63, 3.8) is 0 Å². The molecule has 5 nitrogen and oxygen atoms in total. The van der Waals surface area contributed by atoms with E-state index in [1.54, 1.807) is 0 Å². The molecule has 0 saturated carbocycles. The fourth-order valence-electron chi connectivity index (χ4n) is 0.754. The molecule has 1 aromatic rings. The van der Waals surface area contributed by atoms with Crippen molar-refractivity contribution in [1.82, 2.24) is 0 Å². The van der Waals surface area contributed by atoms with E-state index in [0.29, 0.717) is 5.02 Å². The number of aliphatic carboxylic acids is 2. The molecule has 2 N–H and O–H groups in total. The van der Waals surface area contributed by atoms with Gasteiger partial charge in [0.1, 0.15) is 5.75 Å². The number of carboxylic acid groups (broad SMARTS) is 2. The third-order valence-corrected chi connectivity index (χ3v) is 2.71. The zero-order chi connectivity index (χ0) is 15.9. The smallest absolute Gasteiger partial charge is 0.341 e. The Bertz CT molecular complexity index is 522. The summed E-state index contributed by atoms with van der Waals surface area (Å²) in [6.07, 6.45) is 0. The molecule has 0 unspecified atom stereocenters. The molecule has 0 aliphatic rings. The summed E-state index contributed by atoms with van der Waals surface area (Å²) in [5, 5.41) is 17.0. The van der Waals surface area contributed by atoms with Crippen LogP contribution in [0.1, 0.15) is 6.92 Å². The summed E-state index contributed by atoms with van der Waals surface area (Å²) in [6, 6.07) is 2.76. The van der Waals surface area contributed by atoms with Gasteiger partial charge in [0.25, 0.3) is 0 Å². The van der Waals surface area contributed by atoms with Gasteiger partial charge in [0, 0.05) is 11.6 Å². The zero-order valence-corrected chi connectivity index (χ0v) is 12.6. The van der Waals surface area contributed by atoms with Crippen LogP contribution >= 0.6 is 34.8 Å². The molecule has 0 aliphatic carbocycles. The molecule has 9 heteroatoms. The molecule has 0 aromatic heterocycles. The third kappa shape index (κ3) is 9.81. The van der Waals surface area contributed by atoms with Crippen molar-refractivity contribution in [1.29, 1.82) is 0 Å². The molecule has 114 valence electrons. The molecule has 0 spiro atoms. The number of halogens is 3. The Morgan fingerprint density at radius 1 is 1.14 bits per heavy atom. The second kappa shape index (κ2) is 11.0. The number of benzene rings is 1. The molecule has 0 saturated heterocycles. The summed E-state index contributed by atoms with van der Waals surface area (Å²) < 4.78 is 4.86. The second-order valence-electron chi connectivity index (χ2n) is 3.46. The maximum absolute atomic E-state index is 10.2. The number of hydrogen-bond donors (Lipinski definition) is 2. The van der Waals surface area contributed by atoms with E-state index in [0.717, 1.165) is 0 Å². The third-order valence-electron chi connectivity index (χ3n) is 1.69. The van der Waals surface area contributed by atoms with Crippen molar-refractivity contribution in [3.05, 3.63) is 39.4 Å². The van der Waals surface area contributed by atoms with E-state index < -0.39 is 18.5 Å². The Labute approximate surface area is 152 Å². The Morgan fingerprint density at radius 2 is 1.57 bits per heavy atom. The average molecular weight is 368 g/mol. The summed E-state index contributed by atoms with van der Waals surface area (Å²) in [6.45, 7) is 4.13. The summed E-state index contributed by atoms with van der Waals surface area (Å²) in [7, 11) is 0. The molecule has 0 radical (unpaired) electrons. The standard InChI is InChI=1S/C8H5Cl3O3.C4H6O2.Mg.2H/c9-4-1-6(11)7(2-5(4)10)14-3-8(12)13;1-3(2)4(5)6;;;/h1-2H,3H2,(H,12,13);1H2,2H3,(H,5,6);;;. The fourth-order valence-corrected chi connectivity index (χ4v) is 1.35. The Kier molecular flexibility index (Phi) is 11.8. The maximum Gasteiger partial charge on any atom is 0.341 e. The molecule has 1 aromatic carbocycles. The van der Waals surface area contributed by atoms with Gasteiger partial charge in [-0.1, -0.05) is 41.4 Å². The lowest BCUT2D eigenvalue weighted by atomic mass is 10.3. The van der Waals surface area contributed by atoms with E-state index >= 15 is 0 Å². The van der Waals surface area contributed by atoms with E-state index in [4.69, 9.17) is 49.8 Å². The molecule has 1 rings (SSSR count). The second-order valence-corrected chi connectivity index (χ2v) is 4.69. The van der Waals surface area contributed by atoms with E-state index in [-0.39, 0.29) is 44.4 Å². The lowest BCUT2D eigenvalue weighted by Gasteiger charge is -2.06. The molecule has 0 bridgehead atoms. The molecular weight excluding hydrogens is 355 g/mol. The molecule has 0 heterocycles. The van der Waals surface area contributed by atoms with Gasteiger partial charge in [-0.25, -0.2) is 9.59 Å². The van der Waals surface area contributed by atoms with Crippen LogP contribution < -0.4 is 4.74 Å². The minimum atomic E-state index is -1.09. The van der Waals surface area contributed by atoms with Crippen LogP contribution in [0.15, 0.2) is 24.3 Å². The SMILES string of the molecule is C=C(C)C(=O)O.O=C(O)COc1cc(Cl)c(Cl)cc1Cl.[MgH2]. The van der Waals surface area contributed by atoms with E-state index in [1.807, 2.05) is 0 Å². The molecule has 0 atom stereocenters. The number of hydrogen-bond acceptors (Lipinski definition) is 3. The summed E-state index contributed by atoms with van der Waals surface area (Å²) >= 11 is 17.1. The molecule has 21 heavy (non-hydrogen) atoms. The minimum absolute atomic E-state index is 0. The van der Waals surface area contributed by atoms with Crippen molar-refractivity contribution in [2.75, 3.05) is 6.61 Å². The van der Waals surface area contributed by atoms with Crippen LogP contribution in [0.4, 0.5) is 0 Å². The summed E-state index contributed by atoms with van der Waals surface area (Å²) in [5.41, 5.74) is 0.176.